The van der Waals surface area contributed by atoms with Crippen LogP contribution in [0.2, 0.25) is 0 Å². The third-order valence-corrected chi connectivity index (χ3v) is 4.25. The molecule has 0 spiro atoms. The topological polar surface area (TPSA) is 103 Å². The van der Waals surface area contributed by atoms with E-state index in [1.54, 1.807) is 0 Å². The molecule has 5 nitrogen and oxygen atoms in total. The number of ether oxygens (including phenoxy) is 1. The minimum atomic E-state index is -0.0783. The van der Waals surface area contributed by atoms with Gasteiger partial charge in [-0.1, -0.05) is 83.5 Å². The van der Waals surface area contributed by atoms with E-state index in [0.29, 0.717) is 6.42 Å². The van der Waals surface area contributed by atoms with E-state index in [4.69, 9.17) is 0 Å². The van der Waals surface area contributed by atoms with Crippen LogP contribution in [0.15, 0.2) is 0 Å². The van der Waals surface area contributed by atoms with Crippen molar-refractivity contribution >= 4 is 5.97 Å². The molecule has 24 heavy (non-hydrogen) atoms. The zero-order chi connectivity index (χ0) is 16.3. The number of rotatable bonds is 17. The van der Waals surface area contributed by atoms with Crippen LogP contribution in [0, 0.1) is 0 Å². The van der Waals surface area contributed by atoms with Gasteiger partial charge in [-0.25, -0.2) is 5.11 Å². The molecule has 143 valence electrons. The second-order valence-electron chi connectivity index (χ2n) is 6.33. The smallest absolute Gasteiger partial charge is 0.305 e. The summed E-state index contributed by atoms with van der Waals surface area (Å²) in [4.78, 5) is 10.9. The summed E-state index contributed by atoms with van der Waals surface area (Å²) in [6.07, 6.45) is 19.4. The summed E-state index contributed by atoms with van der Waals surface area (Å²) in [7, 11) is 1.46. The van der Waals surface area contributed by atoms with E-state index < -0.39 is 0 Å². The fourth-order valence-corrected chi connectivity index (χ4v) is 2.77. The van der Waals surface area contributed by atoms with Crippen molar-refractivity contribution in [3.05, 3.63) is 0 Å². The number of esters is 1. The van der Waals surface area contributed by atoms with Gasteiger partial charge in [0.2, 0.25) is 0 Å². The Morgan fingerprint density at radius 3 is 1.17 bits per heavy atom. The maximum atomic E-state index is 10.9. The standard InChI is InChI=1S/C19H37O3.2O/c1-22-19(21)17-15-13-11-9-7-5-3-2-4-6-8-10-12-14-16-18-20;;/h2-18H2,1H3;;. The van der Waals surface area contributed by atoms with Crippen molar-refractivity contribution in [2.24, 2.45) is 0 Å². The molecule has 0 aliphatic rings. The zero-order valence-corrected chi connectivity index (χ0v) is 15.6. The molecule has 5 heteroatoms. The minimum Gasteiger partial charge on any atom is -0.469 e. The molecule has 0 atom stereocenters. The van der Waals surface area contributed by atoms with Gasteiger partial charge in [0.1, 0.15) is 0 Å². The first-order valence-electron chi connectivity index (χ1n) is 9.46. The Bertz CT molecular complexity index is 234. The van der Waals surface area contributed by atoms with Crippen LogP contribution >= 0.6 is 0 Å². The molecule has 0 fully saturated rings. The highest BCUT2D eigenvalue weighted by molar-refractivity contribution is 5.68. The van der Waals surface area contributed by atoms with Crippen LogP contribution in [0.3, 0.4) is 0 Å². The molecular weight excluding hydrogens is 308 g/mol. The second kappa shape index (κ2) is 24.6. The van der Waals surface area contributed by atoms with Gasteiger partial charge in [0.25, 0.3) is 0 Å². The van der Waals surface area contributed by atoms with Crippen molar-refractivity contribution in [3.8, 4) is 0 Å². The number of carbonyl (C=O) groups is 1. The Morgan fingerprint density at radius 2 is 0.875 bits per heavy atom. The van der Waals surface area contributed by atoms with Crippen LogP contribution in [0.1, 0.15) is 103 Å². The van der Waals surface area contributed by atoms with E-state index in [0.717, 1.165) is 25.7 Å². The SMILES string of the molecule is COC(=O)CCCCCCCCCCCCCCCCC[O].[O].[O]. The van der Waals surface area contributed by atoms with E-state index in [9.17, 15) is 9.90 Å². The molecular formula is C19H37O5. The van der Waals surface area contributed by atoms with Crippen LogP contribution < -0.4 is 0 Å². The van der Waals surface area contributed by atoms with Gasteiger partial charge >= 0.3 is 5.97 Å². The minimum absolute atomic E-state index is 0. The van der Waals surface area contributed by atoms with E-state index in [1.807, 2.05) is 0 Å². The third-order valence-electron chi connectivity index (χ3n) is 4.25. The van der Waals surface area contributed by atoms with Gasteiger partial charge in [-0.3, -0.25) is 4.79 Å². The predicted octanol–water partition coefficient (Wildman–Crippen LogP) is 5.59. The number of methoxy groups -OCH3 is 1. The highest BCUT2D eigenvalue weighted by atomic mass is 16.5. The van der Waals surface area contributed by atoms with Crippen LogP contribution in [0.5, 0.6) is 0 Å². The first-order chi connectivity index (χ1) is 10.8. The Balaban J connectivity index is -0.00000220. The number of hydrogen-bond donors (Lipinski definition) is 0. The van der Waals surface area contributed by atoms with Crippen molar-refractivity contribution in [1.29, 1.82) is 0 Å². The van der Waals surface area contributed by atoms with Gasteiger partial charge in [-0.15, -0.1) is 0 Å². The number of hydrogen-bond acceptors (Lipinski definition) is 2. The molecule has 0 unspecified atom stereocenters. The summed E-state index contributed by atoms with van der Waals surface area (Å²) in [5.74, 6) is -0.0783. The molecule has 0 bridgehead atoms. The maximum absolute atomic E-state index is 10.9. The number of unbranched alkanes of at least 4 members (excludes halogenated alkanes) is 14. The first kappa shape index (κ1) is 28.2. The highest BCUT2D eigenvalue weighted by Crippen LogP contribution is 2.13. The van der Waals surface area contributed by atoms with Crippen molar-refractivity contribution in [2.45, 2.75) is 103 Å². The molecule has 0 N–H and O–H groups in total. The molecule has 0 aliphatic carbocycles. The summed E-state index contributed by atoms with van der Waals surface area (Å²) in [6, 6.07) is 0. The van der Waals surface area contributed by atoms with E-state index >= 15 is 0 Å². The normalized spacial score (nSPS) is 9.92. The highest BCUT2D eigenvalue weighted by Gasteiger charge is 1.99. The third kappa shape index (κ3) is 23.6. The van der Waals surface area contributed by atoms with Crippen LogP contribution in [0.25, 0.3) is 0 Å². The van der Waals surface area contributed by atoms with Gasteiger partial charge in [-0.05, 0) is 12.8 Å². The van der Waals surface area contributed by atoms with Crippen molar-refractivity contribution in [1.82, 2.24) is 0 Å². The Kier molecular flexibility index (Phi) is 28.9. The summed E-state index contributed by atoms with van der Waals surface area (Å²) < 4.78 is 4.62. The average molecular weight is 346 g/mol. The Morgan fingerprint density at radius 1 is 0.583 bits per heavy atom. The molecule has 5 radical (unpaired) electrons. The van der Waals surface area contributed by atoms with E-state index in [2.05, 4.69) is 4.74 Å². The van der Waals surface area contributed by atoms with Gasteiger partial charge in [0.05, 0.1) is 13.7 Å². The van der Waals surface area contributed by atoms with Crippen LogP contribution in [-0.2, 0) is 25.6 Å². The molecule has 0 aliphatic heterocycles. The Hall–Kier alpha value is -0.650. The zero-order valence-electron chi connectivity index (χ0n) is 15.6. The lowest BCUT2D eigenvalue weighted by Crippen LogP contribution is -1.99. The average Bonchev–Trinajstić information content (AvgIpc) is 2.54. The molecule has 0 rings (SSSR count). The van der Waals surface area contributed by atoms with Gasteiger partial charge in [0.15, 0.2) is 0 Å². The first-order valence-corrected chi connectivity index (χ1v) is 9.46. The second-order valence-corrected chi connectivity index (χ2v) is 6.33. The maximum Gasteiger partial charge on any atom is 0.305 e. The fourth-order valence-electron chi connectivity index (χ4n) is 2.77. The lowest BCUT2D eigenvalue weighted by Gasteiger charge is -2.03. The number of carbonyl (C=O) groups excluding carboxylic acids is 1. The molecule has 0 saturated carbocycles. The van der Waals surface area contributed by atoms with Gasteiger partial charge in [0, 0.05) is 17.4 Å². The molecule has 0 aromatic rings. The molecule has 0 amide bonds. The Labute approximate surface area is 148 Å². The monoisotopic (exact) mass is 345 g/mol. The molecule has 0 aromatic heterocycles. The molecule has 0 heterocycles. The fraction of sp³-hybridized carbons (Fsp3) is 0.947. The summed E-state index contributed by atoms with van der Waals surface area (Å²) in [5.41, 5.74) is 0. The van der Waals surface area contributed by atoms with Gasteiger partial charge < -0.3 is 4.74 Å². The quantitative estimate of drug-likeness (QED) is 0.253. The van der Waals surface area contributed by atoms with Crippen molar-refractivity contribution in [2.75, 3.05) is 13.7 Å². The predicted molar refractivity (Wildman–Crippen MR) is 92.8 cm³/mol. The van der Waals surface area contributed by atoms with E-state index in [-0.39, 0.29) is 23.5 Å². The molecule has 0 aromatic carbocycles. The van der Waals surface area contributed by atoms with Gasteiger partial charge in [-0.2, -0.15) is 0 Å². The lowest BCUT2D eigenvalue weighted by atomic mass is 10.0. The summed E-state index contributed by atoms with van der Waals surface area (Å²) >= 11 is 0. The molecule has 0 saturated heterocycles. The van der Waals surface area contributed by atoms with Crippen LogP contribution in [-0.4, -0.2) is 19.7 Å². The lowest BCUT2D eigenvalue weighted by molar-refractivity contribution is -0.140. The van der Waals surface area contributed by atoms with Crippen molar-refractivity contribution in [3.63, 3.8) is 0 Å². The van der Waals surface area contributed by atoms with Crippen LogP contribution in [0.4, 0.5) is 0 Å². The summed E-state index contributed by atoms with van der Waals surface area (Å²) in [6.45, 7) is 0.102. The van der Waals surface area contributed by atoms with Crippen molar-refractivity contribution < 1.29 is 25.6 Å². The largest absolute Gasteiger partial charge is 0.469 e. The summed E-state index contributed by atoms with van der Waals surface area (Å²) in [5, 5.41) is 10.3. The van der Waals surface area contributed by atoms with E-state index in [1.165, 1.54) is 77.7 Å².